The molecule has 0 aromatic heterocycles. The van der Waals surface area contributed by atoms with E-state index in [1.807, 2.05) is 45.9 Å². The molecule has 0 aromatic rings. The van der Waals surface area contributed by atoms with Gasteiger partial charge in [0.2, 0.25) is 0 Å². The number of fused-ring (bicyclic) bond motifs is 2. The van der Waals surface area contributed by atoms with Crippen molar-refractivity contribution in [1.29, 1.82) is 0 Å². The Kier molecular flexibility index (Phi) is 9.58. The topological polar surface area (TPSA) is 104 Å². The zero-order valence-electron chi connectivity index (χ0n) is 26.7. The second-order valence-electron chi connectivity index (χ2n) is 13.5. The van der Waals surface area contributed by atoms with Crippen LogP contribution >= 0.6 is 0 Å². The smallest absolute Gasteiger partial charge is 0.316 e. The van der Waals surface area contributed by atoms with Gasteiger partial charge in [-0.25, -0.2) is 0 Å². The number of aliphatic hydroxyl groups is 2. The van der Waals surface area contributed by atoms with Crippen LogP contribution in [0.2, 0.25) is 0 Å². The highest BCUT2D eigenvalue weighted by atomic mass is 16.7. The van der Waals surface area contributed by atoms with Crippen LogP contribution in [0.3, 0.4) is 0 Å². The minimum absolute atomic E-state index is 0.100. The molecular weight excluding hydrogens is 548 g/mol. The van der Waals surface area contributed by atoms with Crippen molar-refractivity contribution in [2.75, 3.05) is 13.7 Å². The average Bonchev–Trinajstić information content (AvgIpc) is 3.29. The van der Waals surface area contributed by atoms with Crippen molar-refractivity contribution >= 4 is 5.97 Å². The van der Waals surface area contributed by atoms with Crippen LogP contribution in [0.25, 0.3) is 0 Å². The number of ether oxygens (including phenoxy) is 5. The zero-order valence-corrected chi connectivity index (χ0v) is 26.7. The zero-order chi connectivity index (χ0) is 31.1. The van der Waals surface area contributed by atoms with E-state index in [0.29, 0.717) is 31.3 Å². The molecule has 8 heteroatoms. The predicted octanol–water partition coefficient (Wildman–Crippen LogP) is 5.11. The largest absolute Gasteiger partial charge is 0.462 e. The Morgan fingerprint density at radius 3 is 2.65 bits per heavy atom. The van der Waals surface area contributed by atoms with Gasteiger partial charge in [-0.2, -0.15) is 0 Å². The highest BCUT2D eigenvalue weighted by Gasteiger charge is 2.60. The number of hydrogen-bond donors (Lipinski definition) is 2. The summed E-state index contributed by atoms with van der Waals surface area (Å²) < 4.78 is 31.5. The number of carbonyl (C=O) groups is 1. The number of carbonyl (C=O) groups excluding carboxylic acids is 1. The summed E-state index contributed by atoms with van der Waals surface area (Å²) in [4.78, 5) is 14.1. The molecule has 2 N–H and O–H groups in total. The van der Waals surface area contributed by atoms with Crippen LogP contribution in [-0.2, 0) is 28.5 Å². The van der Waals surface area contributed by atoms with E-state index in [0.717, 1.165) is 17.6 Å². The van der Waals surface area contributed by atoms with Gasteiger partial charge < -0.3 is 33.9 Å². The highest BCUT2D eigenvalue weighted by molar-refractivity contribution is 5.78. The second-order valence-corrected chi connectivity index (χ2v) is 13.5. The fourth-order valence-electron chi connectivity index (χ4n) is 7.68. The van der Waals surface area contributed by atoms with E-state index in [2.05, 4.69) is 26.0 Å². The predicted molar refractivity (Wildman–Crippen MR) is 163 cm³/mol. The molecular formula is C35H50O8. The molecule has 11 atom stereocenters. The molecule has 0 saturated carbocycles. The van der Waals surface area contributed by atoms with Crippen molar-refractivity contribution in [3.8, 4) is 0 Å². The molecule has 8 nitrogen and oxygen atoms in total. The Labute approximate surface area is 256 Å². The average molecular weight is 599 g/mol. The van der Waals surface area contributed by atoms with E-state index < -0.39 is 47.7 Å². The molecule has 11 unspecified atom stereocenters. The lowest BCUT2D eigenvalue weighted by Gasteiger charge is -2.51. The minimum Gasteiger partial charge on any atom is -0.462 e. The number of allylic oxidation sites excluding steroid dienone is 5. The summed E-state index contributed by atoms with van der Waals surface area (Å²) in [7, 11) is 1.59. The normalized spacial score (nSPS) is 44.3. The summed E-state index contributed by atoms with van der Waals surface area (Å²) in [5, 5.41) is 23.5. The van der Waals surface area contributed by atoms with Crippen molar-refractivity contribution in [3.63, 3.8) is 0 Å². The molecule has 238 valence electrons. The third-order valence-corrected chi connectivity index (χ3v) is 10.2. The van der Waals surface area contributed by atoms with Crippen molar-refractivity contribution in [1.82, 2.24) is 0 Å². The SMILES string of the molecule is CC=C(C)C1OC2(CC3CC(CC=C(C)CC(C)C=CC=C4COC5C(OC)C(C)=CC(C(=O)O3)C45O)O2)CC(O)C1C. The van der Waals surface area contributed by atoms with Crippen LogP contribution in [0, 0.1) is 17.8 Å². The van der Waals surface area contributed by atoms with Gasteiger partial charge in [-0.15, -0.1) is 0 Å². The van der Waals surface area contributed by atoms with Gasteiger partial charge in [0.1, 0.15) is 29.8 Å². The summed E-state index contributed by atoms with van der Waals surface area (Å²) in [6.07, 6.45) is 11.6. The lowest BCUT2D eigenvalue weighted by Crippen LogP contribution is -2.59. The first kappa shape index (κ1) is 32.3. The number of rotatable bonds is 2. The third kappa shape index (κ3) is 6.24. The number of hydrogen-bond acceptors (Lipinski definition) is 8. The molecule has 0 aromatic carbocycles. The monoisotopic (exact) mass is 598 g/mol. The van der Waals surface area contributed by atoms with E-state index in [-0.39, 0.29) is 30.7 Å². The standard InChI is InChI=1S/C35H50O8/c1-8-22(4)30-24(6)29(36)18-34(43-30)17-27-16-26(42-34)13-12-21(3)14-20(2)10-9-11-25-19-40-32-31(39-7)23(5)15-28(33(37)41-27)35(25,32)38/h8-12,15,20,24,26-32,36,38H,13-14,16-19H2,1-7H3. The maximum absolute atomic E-state index is 14.1. The lowest BCUT2D eigenvalue weighted by molar-refractivity contribution is -0.342. The summed E-state index contributed by atoms with van der Waals surface area (Å²) in [5.41, 5.74) is 2.11. The van der Waals surface area contributed by atoms with E-state index >= 15 is 0 Å². The van der Waals surface area contributed by atoms with Gasteiger partial charge in [-0.1, -0.05) is 55.9 Å². The third-order valence-electron chi connectivity index (χ3n) is 10.2. The molecule has 0 radical (unpaired) electrons. The molecule has 43 heavy (non-hydrogen) atoms. The van der Waals surface area contributed by atoms with E-state index in [4.69, 9.17) is 23.7 Å². The maximum Gasteiger partial charge on any atom is 0.316 e. The first-order valence-corrected chi connectivity index (χ1v) is 15.9. The summed E-state index contributed by atoms with van der Waals surface area (Å²) in [6, 6.07) is 0. The first-order chi connectivity index (χ1) is 20.4. The van der Waals surface area contributed by atoms with Gasteiger partial charge in [0.25, 0.3) is 0 Å². The summed E-state index contributed by atoms with van der Waals surface area (Å²) in [5.74, 6) is -2.41. The van der Waals surface area contributed by atoms with Gasteiger partial charge in [0.15, 0.2) is 5.79 Å². The van der Waals surface area contributed by atoms with E-state index in [1.54, 1.807) is 13.2 Å². The second kappa shape index (κ2) is 12.7. The summed E-state index contributed by atoms with van der Waals surface area (Å²) >= 11 is 0. The molecule has 0 amide bonds. The molecule has 4 aliphatic heterocycles. The lowest BCUT2D eigenvalue weighted by atomic mass is 9.70. The van der Waals surface area contributed by atoms with Crippen molar-refractivity contribution in [2.45, 2.75) is 122 Å². The van der Waals surface area contributed by atoms with Crippen LogP contribution < -0.4 is 0 Å². The fraction of sp³-hybridized carbons (Fsp3) is 0.686. The number of methoxy groups -OCH3 is 1. The van der Waals surface area contributed by atoms with Crippen LogP contribution in [0.5, 0.6) is 0 Å². The van der Waals surface area contributed by atoms with E-state index in [1.165, 1.54) is 5.57 Å². The van der Waals surface area contributed by atoms with Gasteiger partial charge in [0, 0.05) is 32.3 Å². The molecule has 4 heterocycles. The molecule has 5 rings (SSSR count). The Hall–Kier alpha value is -2.07. The van der Waals surface area contributed by atoms with Gasteiger partial charge >= 0.3 is 5.97 Å². The van der Waals surface area contributed by atoms with Crippen molar-refractivity contribution < 1.29 is 38.7 Å². The van der Waals surface area contributed by atoms with E-state index in [9.17, 15) is 15.0 Å². The molecule has 1 aliphatic carbocycles. The Balaban J connectivity index is 1.54. The summed E-state index contributed by atoms with van der Waals surface area (Å²) in [6.45, 7) is 12.3. The van der Waals surface area contributed by atoms with Crippen LogP contribution in [-0.4, -0.2) is 77.9 Å². The van der Waals surface area contributed by atoms with Crippen molar-refractivity contribution in [2.24, 2.45) is 17.8 Å². The van der Waals surface area contributed by atoms with Crippen LogP contribution in [0.1, 0.15) is 73.6 Å². The highest BCUT2D eigenvalue weighted by Crippen LogP contribution is 2.48. The first-order valence-electron chi connectivity index (χ1n) is 15.9. The molecule has 1 spiro atoms. The van der Waals surface area contributed by atoms with Gasteiger partial charge in [-0.05, 0) is 63.2 Å². The number of esters is 1. The number of aliphatic hydroxyl groups excluding tert-OH is 1. The Morgan fingerprint density at radius 1 is 1.16 bits per heavy atom. The quantitative estimate of drug-likeness (QED) is 0.334. The van der Waals surface area contributed by atoms with Crippen LogP contribution in [0.4, 0.5) is 0 Å². The Morgan fingerprint density at radius 2 is 1.93 bits per heavy atom. The fourth-order valence-corrected chi connectivity index (χ4v) is 7.68. The van der Waals surface area contributed by atoms with Gasteiger partial charge in [-0.3, -0.25) is 4.79 Å². The maximum atomic E-state index is 14.1. The Bertz CT molecular complexity index is 1210. The minimum atomic E-state index is -1.61. The van der Waals surface area contributed by atoms with Crippen LogP contribution in [0.15, 0.2) is 58.7 Å². The molecule has 3 fully saturated rings. The molecule has 3 saturated heterocycles. The van der Waals surface area contributed by atoms with Crippen molar-refractivity contribution in [3.05, 3.63) is 58.7 Å². The molecule has 5 aliphatic rings. The van der Waals surface area contributed by atoms with Gasteiger partial charge in [0.05, 0.1) is 24.9 Å². The molecule has 2 bridgehead atoms.